The first-order valence-electron chi connectivity index (χ1n) is 8.94. The van der Waals surface area contributed by atoms with Crippen molar-refractivity contribution in [1.82, 2.24) is 0 Å². The molecule has 8 heteroatoms. The molecule has 0 aromatic heterocycles. The van der Waals surface area contributed by atoms with Crippen LogP contribution in [0.2, 0.25) is 0 Å². The van der Waals surface area contributed by atoms with Crippen molar-refractivity contribution in [2.24, 2.45) is 29.6 Å². The molecule has 8 atom stereocenters. The maximum absolute atomic E-state index is 14.8. The number of ether oxygens (including phenoxy) is 2. The van der Waals surface area contributed by atoms with Crippen molar-refractivity contribution in [3.8, 4) is 0 Å². The highest BCUT2D eigenvalue weighted by Crippen LogP contribution is 2.60. The summed E-state index contributed by atoms with van der Waals surface area (Å²) in [7, 11) is 0. The van der Waals surface area contributed by atoms with Gasteiger partial charge in [-0.15, -0.1) is 0 Å². The van der Waals surface area contributed by atoms with Crippen molar-refractivity contribution in [2.45, 2.75) is 76.7 Å². The van der Waals surface area contributed by atoms with Crippen LogP contribution in [0.5, 0.6) is 0 Å². The standard InChI is InChI=1S/C17H25F5O3/c1-4-5-13-24-14(12-7-10-6-11(12)9(3)8(10)2)15(18,19)16(23,25-13)17(20,21)22/h8-14,23H,4-7H2,1-3H3. The van der Waals surface area contributed by atoms with Crippen LogP contribution in [0.3, 0.4) is 0 Å². The fourth-order valence-corrected chi connectivity index (χ4v) is 5.07. The molecule has 2 bridgehead atoms. The maximum atomic E-state index is 14.8. The summed E-state index contributed by atoms with van der Waals surface area (Å²) < 4.78 is 79.2. The smallest absolute Gasteiger partial charge is 0.354 e. The molecular weight excluding hydrogens is 347 g/mol. The Hall–Kier alpha value is -0.470. The summed E-state index contributed by atoms with van der Waals surface area (Å²) in [4.78, 5) is 0. The molecule has 3 fully saturated rings. The van der Waals surface area contributed by atoms with Gasteiger partial charge in [0.2, 0.25) is 0 Å². The van der Waals surface area contributed by atoms with E-state index in [-0.39, 0.29) is 24.2 Å². The van der Waals surface area contributed by atoms with E-state index in [1.165, 1.54) is 0 Å². The quantitative estimate of drug-likeness (QED) is 0.749. The van der Waals surface area contributed by atoms with E-state index >= 15 is 0 Å². The van der Waals surface area contributed by atoms with E-state index in [9.17, 15) is 27.1 Å². The highest BCUT2D eigenvalue weighted by atomic mass is 19.4. The zero-order chi connectivity index (χ0) is 18.8. The summed E-state index contributed by atoms with van der Waals surface area (Å²) in [5.74, 6) is -9.17. The van der Waals surface area contributed by atoms with Gasteiger partial charge in [0, 0.05) is 0 Å². The molecule has 3 rings (SSSR count). The lowest BCUT2D eigenvalue weighted by atomic mass is 9.71. The van der Waals surface area contributed by atoms with Crippen LogP contribution >= 0.6 is 0 Å². The number of hydrogen-bond acceptors (Lipinski definition) is 3. The highest BCUT2D eigenvalue weighted by Gasteiger charge is 2.78. The Kier molecular flexibility index (Phi) is 4.65. The molecule has 2 aliphatic carbocycles. The average Bonchev–Trinajstić information content (AvgIpc) is 3.03. The van der Waals surface area contributed by atoms with Gasteiger partial charge in [-0.1, -0.05) is 27.2 Å². The SMILES string of the molecule is CCCC1OC(C2CC3CC2C(C)C3C)C(F)(F)C(O)(C(F)(F)F)O1. The summed E-state index contributed by atoms with van der Waals surface area (Å²) in [5.41, 5.74) is 0. The molecule has 3 aliphatic rings. The van der Waals surface area contributed by atoms with E-state index < -0.39 is 36.2 Å². The van der Waals surface area contributed by atoms with Gasteiger partial charge in [0.25, 0.3) is 0 Å². The molecule has 0 aromatic rings. The molecule has 25 heavy (non-hydrogen) atoms. The Labute approximate surface area is 143 Å². The first-order valence-corrected chi connectivity index (χ1v) is 8.94. The molecule has 8 unspecified atom stereocenters. The third-order valence-electron chi connectivity index (χ3n) is 6.66. The zero-order valence-corrected chi connectivity index (χ0v) is 14.5. The van der Waals surface area contributed by atoms with Crippen LogP contribution in [0, 0.1) is 29.6 Å². The van der Waals surface area contributed by atoms with Crippen LogP contribution in [0.15, 0.2) is 0 Å². The second-order valence-corrected chi connectivity index (χ2v) is 7.93. The van der Waals surface area contributed by atoms with Crippen molar-refractivity contribution in [3.05, 3.63) is 0 Å². The van der Waals surface area contributed by atoms with Gasteiger partial charge in [-0.2, -0.15) is 22.0 Å². The van der Waals surface area contributed by atoms with Gasteiger partial charge in [0.1, 0.15) is 6.10 Å². The summed E-state index contributed by atoms with van der Waals surface area (Å²) >= 11 is 0. The molecule has 0 radical (unpaired) electrons. The number of alkyl halides is 5. The van der Waals surface area contributed by atoms with E-state index in [0.29, 0.717) is 18.8 Å². The number of rotatable bonds is 3. The summed E-state index contributed by atoms with van der Waals surface area (Å²) in [6, 6.07) is 0. The Bertz CT molecular complexity index is 509. The lowest BCUT2D eigenvalue weighted by Crippen LogP contribution is -2.71. The molecular formula is C17H25F5O3. The van der Waals surface area contributed by atoms with E-state index in [2.05, 4.69) is 11.7 Å². The minimum Gasteiger partial charge on any atom is -0.354 e. The normalized spacial score (nSPS) is 49.6. The number of hydrogen-bond donors (Lipinski definition) is 1. The van der Waals surface area contributed by atoms with E-state index in [4.69, 9.17) is 4.74 Å². The fraction of sp³-hybridized carbons (Fsp3) is 1.00. The molecule has 1 heterocycles. The molecule has 0 amide bonds. The second kappa shape index (κ2) is 6.02. The number of fused-ring (bicyclic) bond motifs is 2. The third kappa shape index (κ3) is 2.70. The average molecular weight is 372 g/mol. The molecule has 1 N–H and O–H groups in total. The zero-order valence-electron chi connectivity index (χ0n) is 14.5. The first-order chi connectivity index (χ1) is 11.4. The van der Waals surface area contributed by atoms with Crippen LogP contribution in [0.4, 0.5) is 22.0 Å². The van der Waals surface area contributed by atoms with Gasteiger partial charge < -0.3 is 14.6 Å². The van der Waals surface area contributed by atoms with E-state index in [1.54, 1.807) is 6.92 Å². The largest absolute Gasteiger partial charge is 0.449 e. The van der Waals surface area contributed by atoms with E-state index in [0.717, 1.165) is 6.42 Å². The monoisotopic (exact) mass is 372 g/mol. The summed E-state index contributed by atoms with van der Waals surface area (Å²) in [6.45, 7) is 5.70. The second-order valence-electron chi connectivity index (χ2n) is 7.93. The van der Waals surface area contributed by atoms with Gasteiger partial charge >= 0.3 is 17.9 Å². The van der Waals surface area contributed by atoms with Crippen molar-refractivity contribution in [2.75, 3.05) is 0 Å². The van der Waals surface area contributed by atoms with Crippen molar-refractivity contribution in [1.29, 1.82) is 0 Å². The van der Waals surface area contributed by atoms with Crippen molar-refractivity contribution in [3.63, 3.8) is 0 Å². The molecule has 0 aromatic carbocycles. The van der Waals surface area contributed by atoms with Gasteiger partial charge in [0.05, 0.1) is 0 Å². The number of aliphatic hydroxyl groups is 1. The predicted octanol–water partition coefficient (Wildman–Crippen LogP) is 4.34. The lowest BCUT2D eigenvalue weighted by Gasteiger charge is -2.50. The van der Waals surface area contributed by atoms with Gasteiger partial charge in [-0.05, 0) is 48.9 Å². The molecule has 1 aliphatic heterocycles. The topological polar surface area (TPSA) is 38.7 Å². The minimum absolute atomic E-state index is 0.0116. The van der Waals surface area contributed by atoms with Crippen LogP contribution < -0.4 is 0 Å². The van der Waals surface area contributed by atoms with Crippen molar-refractivity contribution < 1.29 is 36.5 Å². The molecule has 1 saturated heterocycles. The van der Waals surface area contributed by atoms with Crippen LogP contribution in [-0.4, -0.2) is 35.4 Å². The Morgan fingerprint density at radius 3 is 2.16 bits per heavy atom. The fourth-order valence-electron chi connectivity index (χ4n) is 5.07. The predicted molar refractivity (Wildman–Crippen MR) is 78.6 cm³/mol. The molecule has 3 nitrogen and oxygen atoms in total. The third-order valence-corrected chi connectivity index (χ3v) is 6.66. The van der Waals surface area contributed by atoms with Gasteiger partial charge in [0.15, 0.2) is 6.29 Å². The van der Waals surface area contributed by atoms with E-state index in [1.807, 2.05) is 6.92 Å². The van der Waals surface area contributed by atoms with Crippen molar-refractivity contribution >= 4 is 0 Å². The van der Waals surface area contributed by atoms with Crippen LogP contribution in [0.25, 0.3) is 0 Å². The molecule has 0 spiro atoms. The first kappa shape index (κ1) is 19.3. The van der Waals surface area contributed by atoms with Gasteiger partial charge in [-0.25, -0.2) is 0 Å². The Balaban J connectivity index is 1.94. The Morgan fingerprint density at radius 1 is 1.08 bits per heavy atom. The summed E-state index contributed by atoms with van der Waals surface area (Å²) in [5, 5.41) is 9.87. The highest BCUT2D eigenvalue weighted by molar-refractivity contribution is 5.08. The number of halogens is 5. The maximum Gasteiger partial charge on any atom is 0.449 e. The molecule has 146 valence electrons. The van der Waals surface area contributed by atoms with Crippen LogP contribution in [0.1, 0.15) is 46.5 Å². The lowest BCUT2D eigenvalue weighted by molar-refractivity contribution is -0.508. The molecule has 2 saturated carbocycles. The van der Waals surface area contributed by atoms with Crippen LogP contribution in [-0.2, 0) is 9.47 Å². The van der Waals surface area contributed by atoms with Gasteiger partial charge in [-0.3, -0.25) is 0 Å². The summed E-state index contributed by atoms with van der Waals surface area (Å²) in [6.07, 6.45) is -7.56. The Morgan fingerprint density at radius 2 is 1.68 bits per heavy atom. The minimum atomic E-state index is -5.61.